The van der Waals surface area contributed by atoms with E-state index in [1.165, 1.54) is 13.8 Å². The number of alkyl halides is 3. The van der Waals surface area contributed by atoms with E-state index in [1.807, 2.05) is 0 Å². The SMILES string of the molecule is CC1(C)C(=O)N(c2ccc(C(F)(F)F)cc2CN)S1(=O)=O. The molecule has 1 fully saturated rings. The zero-order chi connectivity index (χ0) is 16.2. The first-order valence-electron chi connectivity index (χ1n) is 5.94. The van der Waals surface area contributed by atoms with Gasteiger partial charge < -0.3 is 5.73 Å². The number of amides is 1. The molecule has 1 heterocycles. The molecule has 0 aliphatic carbocycles. The Balaban J connectivity index is 2.55. The standard InChI is InChI=1S/C12H13F3N2O3S/c1-11(2)10(18)17(21(11,19)20)9-4-3-8(12(13,14)15)5-7(9)6-16/h3-5H,6,16H2,1-2H3. The lowest BCUT2D eigenvalue weighted by atomic mass is 10.1. The minimum absolute atomic E-state index is 0.0581. The predicted molar refractivity (Wildman–Crippen MR) is 69.8 cm³/mol. The predicted octanol–water partition coefficient (Wildman–Crippen LogP) is 1.62. The molecule has 21 heavy (non-hydrogen) atoms. The Kier molecular flexibility index (Phi) is 3.34. The summed E-state index contributed by atoms with van der Waals surface area (Å²) in [6.07, 6.45) is -4.57. The molecule has 0 bridgehead atoms. The van der Waals surface area contributed by atoms with Gasteiger partial charge in [0.25, 0.3) is 15.9 Å². The third-order valence-corrected chi connectivity index (χ3v) is 5.74. The van der Waals surface area contributed by atoms with E-state index < -0.39 is 32.4 Å². The summed E-state index contributed by atoms with van der Waals surface area (Å²) in [5.74, 6) is -0.697. The molecule has 9 heteroatoms. The highest BCUT2D eigenvalue weighted by Crippen LogP contribution is 2.41. The second-order valence-corrected chi connectivity index (χ2v) is 7.47. The molecule has 0 saturated carbocycles. The van der Waals surface area contributed by atoms with Gasteiger partial charge >= 0.3 is 6.18 Å². The highest BCUT2D eigenvalue weighted by molar-refractivity contribution is 7.98. The van der Waals surface area contributed by atoms with E-state index in [4.69, 9.17) is 5.73 Å². The molecule has 0 atom stereocenters. The third kappa shape index (κ3) is 2.11. The maximum absolute atomic E-state index is 12.6. The zero-order valence-corrected chi connectivity index (χ0v) is 12.0. The Morgan fingerprint density at radius 3 is 2.29 bits per heavy atom. The summed E-state index contributed by atoms with van der Waals surface area (Å²) < 4.78 is 61.0. The van der Waals surface area contributed by atoms with Gasteiger partial charge in [-0.25, -0.2) is 12.7 Å². The average molecular weight is 322 g/mol. The van der Waals surface area contributed by atoms with Crippen molar-refractivity contribution in [1.29, 1.82) is 0 Å². The van der Waals surface area contributed by atoms with Crippen LogP contribution >= 0.6 is 0 Å². The molecule has 0 spiro atoms. The molecule has 1 aromatic carbocycles. The van der Waals surface area contributed by atoms with Crippen molar-refractivity contribution in [1.82, 2.24) is 0 Å². The summed E-state index contributed by atoms with van der Waals surface area (Å²) in [5, 5.41) is 0. The van der Waals surface area contributed by atoms with E-state index in [0.717, 1.165) is 18.2 Å². The number of nitrogens with zero attached hydrogens (tertiary/aromatic N) is 1. The summed E-state index contributed by atoms with van der Waals surface area (Å²) in [6.45, 7) is 2.17. The number of anilines is 1. The summed E-state index contributed by atoms with van der Waals surface area (Å²) in [6, 6.07) is 2.43. The Bertz CT molecular complexity index is 711. The number of halogens is 3. The molecular weight excluding hydrogens is 309 g/mol. The quantitative estimate of drug-likeness (QED) is 0.897. The Labute approximate surface area is 119 Å². The molecule has 5 nitrogen and oxygen atoms in total. The van der Waals surface area contributed by atoms with Gasteiger partial charge in [0.2, 0.25) is 0 Å². The first-order chi connectivity index (χ1) is 9.44. The first-order valence-corrected chi connectivity index (χ1v) is 7.38. The van der Waals surface area contributed by atoms with Crippen molar-refractivity contribution in [3.63, 3.8) is 0 Å². The lowest BCUT2D eigenvalue weighted by molar-refractivity contribution is -0.137. The average Bonchev–Trinajstić information content (AvgIpc) is 2.37. The van der Waals surface area contributed by atoms with Crippen LogP contribution in [-0.4, -0.2) is 19.1 Å². The first kappa shape index (κ1) is 15.8. The van der Waals surface area contributed by atoms with Crippen molar-refractivity contribution in [2.24, 2.45) is 5.73 Å². The van der Waals surface area contributed by atoms with Crippen molar-refractivity contribution >= 4 is 21.6 Å². The number of nitrogens with two attached hydrogens (primary N) is 1. The fourth-order valence-electron chi connectivity index (χ4n) is 2.02. The molecule has 1 aliphatic rings. The van der Waals surface area contributed by atoms with E-state index in [2.05, 4.69) is 0 Å². The number of rotatable bonds is 2. The van der Waals surface area contributed by atoms with Crippen molar-refractivity contribution in [3.05, 3.63) is 29.3 Å². The maximum Gasteiger partial charge on any atom is 0.416 e. The summed E-state index contributed by atoms with van der Waals surface area (Å²) >= 11 is 0. The molecule has 1 aliphatic heterocycles. The van der Waals surface area contributed by atoms with Crippen LogP contribution in [-0.2, 0) is 27.5 Å². The van der Waals surface area contributed by atoms with Crippen LogP contribution in [0.25, 0.3) is 0 Å². The Morgan fingerprint density at radius 2 is 1.86 bits per heavy atom. The van der Waals surface area contributed by atoms with E-state index in [-0.39, 0.29) is 17.8 Å². The van der Waals surface area contributed by atoms with Crippen molar-refractivity contribution in [2.75, 3.05) is 4.31 Å². The highest BCUT2D eigenvalue weighted by atomic mass is 32.2. The second-order valence-electron chi connectivity index (χ2n) is 5.13. The summed E-state index contributed by atoms with van der Waals surface area (Å²) in [7, 11) is -3.94. The van der Waals surface area contributed by atoms with Gasteiger partial charge in [-0.3, -0.25) is 4.79 Å². The number of carbonyl (C=O) groups excluding carboxylic acids is 1. The van der Waals surface area contributed by atoms with Crippen molar-refractivity contribution < 1.29 is 26.4 Å². The van der Waals surface area contributed by atoms with Crippen molar-refractivity contribution in [3.8, 4) is 0 Å². The van der Waals surface area contributed by atoms with E-state index in [1.54, 1.807) is 0 Å². The largest absolute Gasteiger partial charge is 0.416 e. The van der Waals surface area contributed by atoms with Crippen LogP contribution in [0, 0.1) is 0 Å². The fourth-order valence-corrected chi connectivity index (χ4v) is 3.54. The Hall–Kier alpha value is -1.61. The molecule has 1 aromatic rings. The Morgan fingerprint density at radius 1 is 1.29 bits per heavy atom. The summed E-state index contributed by atoms with van der Waals surface area (Å²) in [5.41, 5.74) is 4.25. The number of sulfonamides is 1. The highest BCUT2D eigenvalue weighted by Gasteiger charge is 2.61. The molecule has 2 N–H and O–H groups in total. The molecule has 1 saturated heterocycles. The minimum Gasteiger partial charge on any atom is -0.326 e. The van der Waals surface area contributed by atoms with E-state index >= 15 is 0 Å². The monoisotopic (exact) mass is 322 g/mol. The van der Waals surface area contributed by atoms with Gasteiger partial charge in [-0.1, -0.05) is 0 Å². The zero-order valence-electron chi connectivity index (χ0n) is 11.2. The minimum atomic E-state index is -4.57. The van der Waals surface area contributed by atoms with Crippen molar-refractivity contribution in [2.45, 2.75) is 31.3 Å². The fraction of sp³-hybridized carbons (Fsp3) is 0.417. The molecule has 1 amide bonds. The lowest BCUT2D eigenvalue weighted by Crippen LogP contribution is -2.67. The van der Waals surface area contributed by atoms with Gasteiger partial charge in [0.1, 0.15) is 0 Å². The van der Waals surface area contributed by atoms with Crippen LogP contribution in [0.3, 0.4) is 0 Å². The van der Waals surface area contributed by atoms with Gasteiger partial charge in [-0.05, 0) is 37.6 Å². The summed E-state index contributed by atoms with van der Waals surface area (Å²) in [4.78, 5) is 11.9. The molecular formula is C12H13F3N2O3S. The van der Waals surface area contributed by atoms with Crippen LogP contribution in [0.5, 0.6) is 0 Å². The van der Waals surface area contributed by atoms with Crippen LogP contribution in [0.1, 0.15) is 25.0 Å². The van der Waals surface area contributed by atoms with Crippen LogP contribution in [0.2, 0.25) is 0 Å². The topological polar surface area (TPSA) is 80.5 Å². The number of carbonyl (C=O) groups is 1. The van der Waals surface area contributed by atoms with Gasteiger partial charge in [-0.2, -0.15) is 13.2 Å². The second kappa shape index (κ2) is 4.44. The molecule has 0 unspecified atom stereocenters. The molecule has 2 rings (SSSR count). The number of hydrogen-bond donors (Lipinski definition) is 1. The van der Waals surface area contributed by atoms with Gasteiger partial charge in [0, 0.05) is 6.54 Å². The normalized spacial score (nSPS) is 20.3. The van der Waals surface area contributed by atoms with E-state index in [0.29, 0.717) is 4.31 Å². The van der Waals surface area contributed by atoms with Gasteiger partial charge in [0.05, 0.1) is 11.3 Å². The lowest BCUT2D eigenvalue weighted by Gasteiger charge is -2.43. The van der Waals surface area contributed by atoms with Crippen LogP contribution in [0.4, 0.5) is 18.9 Å². The van der Waals surface area contributed by atoms with Gasteiger partial charge in [-0.15, -0.1) is 0 Å². The molecule has 0 radical (unpaired) electrons. The van der Waals surface area contributed by atoms with E-state index in [9.17, 15) is 26.4 Å². The molecule has 116 valence electrons. The maximum atomic E-state index is 12.6. The van der Waals surface area contributed by atoms with Crippen LogP contribution < -0.4 is 10.0 Å². The number of hydrogen-bond acceptors (Lipinski definition) is 4. The molecule has 0 aromatic heterocycles. The van der Waals surface area contributed by atoms with Gasteiger partial charge in [0.15, 0.2) is 4.75 Å². The smallest absolute Gasteiger partial charge is 0.326 e. The third-order valence-electron chi connectivity index (χ3n) is 3.43. The number of benzene rings is 1. The van der Waals surface area contributed by atoms with Crippen LogP contribution in [0.15, 0.2) is 18.2 Å².